The van der Waals surface area contributed by atoms with E-state index in [4.69, 9.17) is 10.5 Å². The largest absolute Gasteiger partial charge is 0.379 e. The van der Waals surface area contributed by atoms with Crippen molar-refractivity contribution in [2.24, 2.45) is 17.6 Å². The van der Waals surface area contributed by atoms with Crippen molar-refractivity contribution >= 4 is 0 Å². The first kappa shape index (κ1) is 14.9. The topological polar surface area (TPSA) is 38.5 Å². The second-order valence-electron chi connectivity index (χ2n) is 4.95. The van der Waals surface area contributed by atoms with Gasteiger partial charge in [0.2, 0.25) is 0 Å². The van der Waals surface area contributed by atoms with Gasteiger partial charge in [-0.2, -0.15) is 0 Å². The molecule has 3 heteroatoms. The van der Waals surface area contributed by atoms with Crippen LogP contribution in [0.25, 0.3) is 0 Å². The average molecular weight is 216 g/mol. The minimum atomic E-state index is 0.619. The fourth-order valence-corrected chi connectivity index (χ4v) is 1.67. The summed E-state index contributed by atoms with van der Waals surface area (Å²) in [6.07, 6.45) is 0. The highest BCUT2D eigenvalue weighted by molar-refractivity contribution is 4.62. The third kappa shape index (κ3) is 10.2. The zero-order chi connectivity index (χ0) is 11.7. The Balaban J connectivity index is 3.69. The maximum atomic E-state index is 5.41. The molecule has 92 valence electrons. The summed E-state index contributed by atoms with van der Waals surface area (Å²) < 4.78 is 5.41. The maximum absolute atomic E-state index is 5.41. The molecule has 0 heterocycles. The summed E-state index contributed by atoms with van der Waals surface area (Å²) in [5.74, 6) is 1.44. The van der Waals surface area contributed by atoms with Crippen LogP contribution in [0.1, 0.15) is 27.7 Å². The zero-order valence-electron chi connectivity index (χ0n) is 10.8. The first-order chi connectivity index (χ1) is 7.06. The molecule has 0 spiro atoms. The number of hydrogen-bond donors (Lipinski definition) is 1. The molecule has 0 saturated heterocycles. The zero-order valence-corrected chi connectivity index (χ0v) is 10.8. The van der Waals surface area contributed by atoms with E-state index >= 15 is 0 Å². The summed E-state index contributed by atoms with van der Waals surface area (Å²) in [6.45, 7) is 14.5. The Kier molecular flexibility index (Phi) is 9.06. The molecule has 0 fully saturated rings. The van der Waals surface area contributed by atoms with Crippen molar-refractivity contribution in [1.82, 2.24) is 4.90 Å². The van der Waals surface area contributed by atoms with Gasteiger partial charge in [-0.25, -0.2) is 0 Å². The van der Waals surface area contributed by atoms with Crippen molar-refractivity contribution in [2.45, 2.75) is 27.7 Å². The van der Waals surface area contributed by atoms with Gasteiger partial charge in [0.1, 0.15) is 0 Å². The van der Waals surface area contributed by atoms with E-state index in [0.717, 1.165) is 38.1 Å². The van der Waals surface area contributed by atoms with Gasteiger partial charge >= 0.3 is 0 Å². The van der Waals surface area contributed by atoms with Crippen LogP contribution >= 0.6 is 0 Å². The van der Waals surface area contributed by atoms with Crippen LogP contribution in [0.3, 0.4) is 0 Å². The molecule has 0 aliphatic heterocycles. The van der Waals surface area contributed by atoms with Gasteiger partial charge in [0.25, 0.3) is 0 Å². The molecule has 0 radical (unpaired) electrons. The van der Waals surface area contributed by atoms with Crippen LogP contribution in [0.5, 0.6) is 0 Å². The van der Waals surface area contributed by atoms with Gasteiger partial charge in [-0.05, 0) is 11.8 Å². The van der Waals surface area contributed by atoms with Crippen LogP contribution in [0.2, 0.25) is 0 Å². The molecule has 0 rings (SSSR count). The molecule has 0 amide bonds. The lowest BCUT2D eigenvalue weighted by molar-refractivity contribution is 0.0995. The lowest BCUT2D eigenvalue weighted by Crippen LogP contribution is -2.34. The number of ether oxygens (including phenoxy) is 1. The SMILES string of the molecule is CC(C)CN(CCOCCN)CC(C)C. The van der Waals surface area contributed by atoms with Crippen molar-refractivity contribution < 1.29 is 4.74 Å². The average Bonchev–Trinajstić information content (AvgIpc) is 2.10. The summed E-state index contributed by atoms with van der Waals surface area (Å²) in [5.41, 5.74) is 5.37. The van der Waals surface area contributed by atoms with E-state index in [2.05, 4.69) is 32.6 Å². The second-order valence-corrected chi connectivity index (χ2v) is 4.95. The summed E-state index contributed by atoms with van der Waals surface area (Å²) in [7, 11) is 0. The molecule has 3 nitrogen and oxygen atoms in total. The predicted molar refractivity (Wildman–Crippen MR) is 66.0 cm³/mol. The number of rotatable bonds is 9. The predicted octanol–water partition coefficient (Wildman–Crippen LogP) is 1.58. The van der Waals surface area contributed by atoms with E-state index < -0.39 is 0 Å². The molecule has 15 heavy (non-hydrogen) atoms. The lowest BCUT2D eigenvalue weighted by atomic mass is 10.1. The van der Waals surface area contributed by atoms with Gasteiger partial charge in [-0.1, -0.05) is 27.7 Å². The van der Waals surface area contributed by atoms with Gasteiger partial charge in [0.05, 0.1) is 13.2 Å². The minimum absolute atomic E-state index is 0.619. The van der Waals surface area contributed by atoms with Gasteiger partial charge in [0.15, 0.2) is 0 Å². The van der Waals surface area contributed by atoms with Crippen LogP contribution in [-0.2, 0) is 4.74 Å². The van der Waals surface area contributed by atoms with Crippen LogP contribution < -0.4 is 5.73 Å². The van der Waals surface area contributed by atoms with Crippen molar-refractivity contribution in [3.63, 3.8) is 0 Å². The highest BCUT2D eigenvalue weighted by atomic mass is 16.5. The Morgan fingerprint density at radius 3 is 1.93 bits per heavy atom. The molecule has 0 unspecified atom stereocenters. The molecule has 2 N–H and O–H groups in total. The monoisotopic (exact) mass is 216 g/mol. The molecule has 0 aliphatic rings. The van der Waals surface area contributed by atoms with E-state index in [1.807, 2.05) is 0 Å². The lowest BCUT2D eigenvalue weighted by Gasteiger charge is -2.25. The van der Waals surface area contributed by atoms with Crippen molar-refractivity contribution in [3.8, 4) is 0 Å². The number of nitrogens with zero attached hydrogens (tertiary/aromatic N) is 1. The molecule has 0 aliphatic carbocycles. The summed E-state index contributed by atoms with van der Waals surface area (Å²) in [6, 6.07) is 0. The van der Waals surface area contributed by atoms with Crippen LogP contribution in [0.4, 0.5) is 0 Å². The second kappa shape index (κ2) is 9.13. The number of hydrogen-bond acceptors (Lipinski definition) is 3. The third-order valence-electron chi connectivity index (χ3n) is 2.06. The molecular formula is C12H28N2O. The third-order valence-corrected chi connectivity index (χ3v) is 2.06. The van der Waals surface area contributed by atoms with Crippen molar-refractivity contribution in [2.75, 3.05) is 39.4 Å². The minimum Gasteiger partial charge on any atom is -0.379 e. The highest BCUT2D eigenvalue weighted by Crippen LogP contribution is 2.03. The summed E-state index contributed by atoms with van der Waals surface area (Å²) >= 11 is 0. The van der Waals surface area contributed by atoms with E-state index in [-0.39, 0.29) is 0 Å². The van der Waals surface area contributed by atoms with Crippen molar-refractivity contribution in [1.29, 1.82) is 0 Å². The first-order valence-corrected chi connectivity index (χ1v) is 6.06. The van der Waals surface area contributed by atoms with Gasteiger partial charge < -0.3 is 15.4 Å². The Bertz CT molecular complexity index is 128. The standard InChI is InChI=1S/C12H28N2O/c1-11(2)9-14(10-12(3)4)6-8-15-7-5-13/h11-12H,5-10,13H2,1-4H3. The number of nitrogens with two attached hydrogens (primary N) is 1. The fourth-order valence-electron chi connectivity index (χ4n) is 1.67. The summed E-state index contributed by atoms with van der Waals surface area (Å²) in [4.78, 5) is 2.48. The quantitative estimate of drug-likeness (QED) is 0.595. The Hall–Kier alpha value is -0.120. The molecule has 0 bridgehead atoms. The molecule has 0 aromatic heterocycles. The Labute approximate surface area is 95.0 Å². The van der Waals surface area contributed by atoms with Crippen molar-refractivity contribution in [3.05, 3.63) is 0 Å². The van der Waals surface area contributed by atoms with Gasteiger partial charge in [-0.3, -0.25) is 0 Å². The molecule has 0 atom stereocenters. The maximum Gasteiger partial charge on any atom is 0.0594 e. The highest BCUT2D eigenvalue weighted by Gasteiger charge is 2.08. The molecule has 0 aromatic carbocycles. The van der Waals surface area contributed by atoms with E-state index in [1.165, 1.54) is 0 Å². The van der Waals surface area contributed by atoms with Gasteiger partial charge in [-0.15, -0.1) is 0 Å². The smallest absolute Gasteiger partial charge is 0.0594 e. The fraction of sp³-hybridized carbons (Fsp3) is 1.00. The van der Waals surface area contributed by atoms with Crippen LogP contribution in [0.15, 0.2) is 0 Å². The normalized spacial score (nSPS) is 12.0. The molecular weight excluding hydrogens is 188 g/mol. The van der Waals surface area contributed by atoms with Gasteiger partial charge in [0, 0.05) is 26.2 Å². The molecule has 0 aromatic rings. The van der Waals surface area contributed by atoms with E-state index in [0.29, 0.717) is 13.2 Å². The van der Waals surface area contributed by atoms with Crippen LogP contribution in [-0.4, -0.2) is 44.3 Å². The van der Waals surface area contributed by atoms with E-state index in [1.54, 1.807) is 0 Å². The Morgan fingerprint density at radius 2 is 1.53 bits per heavy atom. The van der Waals surface area contributed by atoms with Crippen LogP contribution in [0, 0.1) is 11.8 Å². The Morgan fingerprint density at radius 1 is 1.00 bits per heavy atom. The first-order valence-electron chi connectivity index (χ1n) is 6.06. The molecule has 0 saturated carbocycles. The van der Waals surface area contributed by atoms with E-state index in [9.17, 15) is 0 Å². The summed E-state index contributed by atoms with van der Waals surface area (Å²) in [5, 5.41) is 0.